The van der Waals surface area contributed by atoms with Crippen LogP contribution in [0.25, 0.3) is 0 Å². The van der Waals surface area contributed by atoms with Crippen LogP contribution >= 0.6 is 0 Å². The predicted octanol–water partition coefficient (Wildman–Crippen LogP) is 2.57. The van der Waals surface area contributed by atoms with Crippen LogP contribution in [0.15, 0.2) is 0 Å². The van der Waals surface area contributed by atoms with Gasteiger partial charge in [-0.25, -0.2) is 0 Å². The van der Waals surface area contributed by atoms with Crippen molar-refractivity contribution in [3.8, 4) is 0 Å². The molecule has 0 radical (unpaired) electrons. The van der Waals surface area contributed by atoms with Gasteiger partial charge in [0, 0.05) is 6.54 Å². The number of likely N-dealkylation sites (tertiary alicyclic amines) is 1. The van der Waals surface area contributed by atoms with Crippen LogP contribution in [-0.2, 0) is 0 Å². The molecule has 2 nitrogen and oxygen atoms in total. The van der Waals surface area contributed by atoms with Crippen LogP contribution < -0.4 is 0 Å². The second-order valence-electron chi connectivity index (χ2n) is 4.57. The highest BCUT2D eigenvalue weighted by Crippen LogP contribution is 2.34. The first-order valence-corrected chi connectivity index (χ1v) is 5.90. The van der Waals surface area contributed by atoms with Crippen molar-refractivity contribution >= 4 is 0 Å². The monoisotopic (exact) mass is 239 g/mol. The fourth-order valence-electron chi connectivity index (χ4n) is 2.07. The van der Waals surface area contributed by atoms with E-state index in [0.717, 1.165) is 25.7 Å². The van der Waals surface area contributed by atoms with Crippen molar-refractivity contribution < 1.29 is 18.3 Å². The van der Waals surface area contributed by atoms with Gasteiger partial charge < -0.3 is 10.0 Å². The molecule has 16 heavy (non-hydrogen) atoms. The van der Waals surface area contributed by atoms with Crippen LogP contribution in [0.5, 0.6) is 0 Å². The Bertz CT molecular complexity index is 212. The van der Waals surface area contributed by atoms with Gasteiger partial charge in [-0.05, 0) is 32.4 Å². The third-order valence-corrected chi connectivity index (χ3v) is 3.30. The van der Waals surface area contributed by atoms with Gasteiger partial charge in [0.05, 0.1) is 0 Å². The van der Waals surface area contributed by atoms with E-state index in [9.17, 15) is 18.3 Å². The molecule has 96 valence electrons. The van der Waals surface area contributed by atoms with E-state index in [0.29, 0.717) is 13.1 Å². The van der Waals surface area contributed by atoms with Crippen molar-refractivity contribution in [1.82, 2.24) is 4.90 Å². The largest absolute Gasteiger partial charge is 0.418 e. The number of aliphatic hydroxyl groups is 1. The van der Waals surface area contributed by atoms with Gasteiger partial charge in [0.25, 0.3) is 0 Å². The van der Waals surface area contributed by atoms with E-state index in [2.05, 4.69) is 0 Å². The number of nitrogens with zero attached hydrogens (tertiary/aromatic N) is 1. The van der Waals surface area contributed by atoms with Crippen molar-refractivity contribution in [3.05, 3.63) is 0 Å². The maximum Gasteiger partial charge on any atom is 0.418 e. The summed E-state index contributed by atoms with van der Waals surface area (Å²) >= 11 is 0. The highest BCUT2D eigenvalue weighted by Gasteiger charge is 2.52. The lowest BCUT2D eigenvalue weighted by atomic mass is 9.99. The molecule has 0 amide bonds. The molecule has 0 aromatic heterocycles. The molecular weight excluding hydrogens is 219 g/mol. The zero-order valence-electron chi connectivity index (χ0n) is 9.69. The van der Waals surface area contributed by atoms with Gasteiger partial charge in [-0.1, -0.05) is 19.8 Å². The first kappa shape index (κ1) is 13.8. The minimum atomic E-state index is -4.53. The molecule has 1 rings (SSSR count). The Kier molecular flexibility index (Phi) is 4.62. The summed E-state index contributed by atoms with van der Waals surface area (Å²) in [6.07, 6.45) is -0.809. The van der Waals surface area contributed by atoms with Gasteiger partial charge in [0.15, 0.2) is 5.60 Å². The molecule has 1 aliphatic heterocycles. The summed E-state index contributed by atoms with van der Waals surface area (Å²) in [6, 6.07) is 0. The van der Waals surface area contributed by atoms with Gasteiger partial charge in [0.2, 0.25) is 0 Å². The van der Waals surface area contributed by atoms with Crippen LogP contribution in [0.2, 0.25) is 0 Å². The first-order chi connectivity index (χ1) is 7.39. The number of β-amino-alcohol motifs (C(OH)–C–C–N with tert-alkyl or cyclic N) is 1. The van der Waals surface area contributed by atoms with Crippen molar-refractivity contribution in [3.63, 3.8) is 0 Å². The zero-order chi connectivity index (χ0) is 12.2. The molecule has 0 bridgehead atoms. The Morgan fingerprint density at radius 2 is 1.56 bits per heavy atom. The minimum absolute atomic E-state index is 0.285. The number of hydrogen-bond donors (Lipinski definition) is 1. The SMILES string of the molecule is CCC(O)(CN1CCCCCC1)C(F)(F)F. The first-order valence-electron chi connectivity index (χ1n) is 5.90. The van der Waals surface area contributed by atoms with Crippen LogP contribution in [-0.4, -0.2) is 41.4 Å². The van der Waals surface area contributed by atoms with E-state index in [4.69, 9.17) is 0 Å². The van der Waals surface area contributed by atoms with E-state index in [1.54, 1.807) is 4.90 Å². The van der Waals surface area contributed by atoms with Crippen molar-refractivity contribution in [2.24, 2.45) is 0 Å². The molecule has 1 fully saturated rings. The standard InChI is InChI=1S/C11H20F3NO/c1-2-10(16,11(12,13)14)9-15-7-5-3-4-6-8-15/h16H,2-9H2,1H3. The molecule has 1 atom stereocenters. The highest BCUT2D eigenvalue weighted by molar-refractivity contribution is 4.88. The molecule has 1 N–H and O–H groups in total. The number of hydrogen-bond acceptors (Lipinski definition) is 2. The lowest BCUT2D eigenvalue weighted by molar-refractivity contribution is -0.266. The maximum absolute atomic E-state index is 12.7. The molecule has 1 saturated heterocycles. The molecular formula is C11H20F3NO. The van der Waals surface area contributed by atoms with Crippen molar-refractivity contribution in [2.75, 3.05) is 19.6 Å². The summed E-state index contributed by atoms with van der Waals surface area (Å²) < 4.78 is 38.1. The number of halogens is 3. The number of rotatable bonds is 3. The second kappa shape index (κ2) is 5.36. The summed E-state index contributed by atoms with van der Waals surface area (Å²) in [7, 11) is 0. The zero-order valence-corrected chi connectivity index (χ0v) is 9.69. The Morgan fingerprint density at radius 1 is 1.06 bits per heavy atom. The summed E-state index contributed by atoms with van der Waals surface area (Å²) in [5.74, 6) is 0. The van der Waals surface area contributed by atoms with E-state index in [-0.39, 0.29) is 13.0 Å². The van der Waals surface area contributed by atoms with Crippen LogP contribution in [0.3, 0.4) is 0 Å². The summed E-state index contributed by atoms with van der Waals surface area (Å²) in [6.45, 7) is 2.43. The van der Waals surface area contributed by atoms with Gasteiger partial charge in [-0.2, -0.15) is 13.2 Å². The predicted molar refractivity (Wildman–Crippen MR) is 56.2 cm³/mol. The molecule has 0 aromatic rings. The van der Waals surface area contributed by atoms with E-state index < -0.39 is 11.8 Å². The average molecular weight is 239 g/mol. The molecule has 1 heterocycles. The summed E-state index contributed by atoms with van der Waals surface area (Å²) in [4.78, 5) is 1.74. The Hall–Kier alpha value is -0.290. The smallest absolute Gasteiger partial charge is 0.379 e. The van der Waals surface area contributed by atoms with E-state index in [1.807, 2.05) is 0 Å². The van der Waals surface area contributed by atoms with Crippen LogP contribution in [0, 0.1) is 0 Å². The third kappa shape index (κ3) is 3.35. The third-order valence-electron chi connectivity index (χ3n) is 3.30. The molecule has 0 aliphatic carbocycles. The minimum Gasteiger partial charge on any atom is -0.379 e. The summed E-state index contributed by atoms with van der Waals surface area (Å²) in [5, 5.41) is 9.63. The lowest BCUT2D eigenvalue weighted by Gasteiger charge is -2.34. The Balaban J connectivity index is 2.61. The molecule has 0 spiro atoms. The van der Waals surface area contributed by atoms with Crippen molar-refractivity contribution in [2.45, 2.75) is 50.8 Å². The fourth-order valence-corrected chi connectivity index (χ4v) is 2.07. The van der Waals surface area contributed by atoms with E-state index >= 15 is 0 Å². The van der Waals surface area contributed by atoms with Crippen LogP contribution in [0.4, 0.5) is 13.2 Å². The van der Waals surface area contributed by atoms with Gasteiger partial charge in [-0.3, -0.25) is 0 Å². The van der Waals surface area contributed by atoms with Gasteiger partial charge in [-0.15, -0.1) is 0 Å². The quantitative estimate of drug-likeness (QED) is 0.818. The van der Waals surface area contributed by atoms with Gasteiger partial charge in [0.1, 0.15) is 0 Å². The summed E-state index contributed by atoms with van der Waals surface area (Å²) in [5.41, 5.74) is -2.54. The molecule has 5 heteroatoms. The molecule has 1 unspecified atom stereocenters. The number of alkyl halides is 3. The highest BCUT2D eigenvalue weighted by atomic mass is 19.4. The fraction of sp³-hybridized carbons (Fsp3) is 1.00. The van der Waals surface area contributed by atoms with Crippen molar-refractivity contribution in [1.29, 1.82) is 0 Å². The molecule has 0 aromatic carbocycles. The second-order valence-corrected chi connectivity index (χ2v) is 4.57. The van der Waals surface area contributed by atoms with E-state index in [1.165, 1.54) is 6.92 Å². The molecule has 0 saturated carbocycles. The van der Waals surface area contributed by atoms with Crippen LogP contribution in [0.1, 0.15) is 39.0 Å². The molecule has 1 aliphatic rings. The topological polar surface area (TPSA) is 23.5 Å². The normalized spacial score (nSPS) is 23.8. The average Bonchev–Trinajstić information content (AvgIpc) is 2.44. The lowest BCUT2D eigenvalue weighted by Crippen LogP contribution is -2.53. The maximum atomic E-state index is 12.7. The Morgan fingerprint density at radius 3 is 1.94 bits per heavy atom. The Labute approximate surface area is 94.4 Å². The van der Waals surface area contributed by atoms with Gasteiger partial charge >= 0.3 is 6.18 Å².